The van der Waals surface area contributed by atoms with Gasteiger partial charge in [-0.3, -0.25) is 0 Å². The van der Waals surface area contributed by atoms with Crippen LogP contribution in [0.15, 0.2) is 30.3 Å². The van der Waals surface area contributed by atoms with Gasteiger partial charge in [-0.15, -0.1) is 0 Å². The smallest absolute Gasteiger partial charge is 0.321 e. The molecule has 1 saturated heterocycles. The van der Waals surface area contributed by atoms with Crippen molar-refractivity contribution in [3.8, 4) is 6.01 Å². The van der Waals surface area contributed by atoms with Gasteiger partial charge in [0.25, 0.3) is 0 Å². The number of benzene rings is 1. The highest BCUT2D eigenvalue weighted by molar-refractivity contribution is 5.31. The molecule has 5 heteroatoms. The van der Waals surface area contributed by atoms with Crippen molar-refractivity contribution in [2.75, 3.05) is 24.6 Å². The number of ether oxygens (including phenoxy) is 1. The molecule has 2 aromatic rings. The van der Waals surface area contributed by atoms with Gasteiger partial charge in [0.15, 0.2) is 0 Å². The number of anilines is 1. The number of hydrogen-bond donors (Lipinski definition) is 0. The molecule has 2 heterocycles. The summed E-state index contributed by atoms with van der Waals surface area (Å²) < 4.78 is 5.75. The minimum absolute atomic E-state index is 0.450. The topological polar surface area (TPSA) is 51.1 Å². The van der Waals surface area contributed by atoms with Gasteiger partial charge in [0.05, 0.1) is 6.61 Å². The first-order chi connectivity index (χ1) is 11.3. The van der Waals surface area contributed by atoms with Gasteiger partial charge in [-0.25, -0.2) is 0 Å². The van der Waals surface area contributed by atoms with Gasteiger partial charge in [-0.05, 0) is 44.6 Å². The first-order valence-corrected chi connectivity index (χ1v) is 8.45. The molecule has 0 N–H and O–H groups in total. The van der Waals surface area contributed by atoms with E-state index in [-0.39, 0.29) is 0 Å². The van der Waals surface area contributed by atoms with Gasteiger partial charge in [-0.1, -0.05) is 30.3 Å². The first kappa shape index (κ1) is 15.7. The molecule has 0 radical (unpaired) electrons. The monoisotopic (exact) mass is 312 g/mol. The van der Waals surface area contributed by atoms with Crippen LogP contribution in [0.2, 0.25) is 0 Å². The van der Waals surface area contributed by atoms with Crippen molar-refractivity contribution in [2.24, 2.45) is 0 Å². The third-order valence-corrected chi connectivity index (χ3v) is 4.04. The second-order valence-corrected chi connectivity index (χ2v) is 5.95. The zero-order valence-electron chi connectivity index (χ0n) is 13.7. The van der Waals surface area contributed by atoms with Gasteiger partial charge >= 0.3 is 6.01 Å². The second-order valence-electron chi connectivity index (χ2n) is 5.95. The Kier molecular flexibility index (Phi) is 5.40. The molecule has 0 aliphatic carbocycles. The van der Waals surface area contributed by atoms with E-state index in [0.29, 0.717) is 12.6 Å². The van der Waals surface area contributed by atoms with Gasteiger partial charge in [0.1, 0.15) is 5.82 Å². The number of aromatic nitrogens is 3. The maximum absolute atomic E-state index is 5.75. The minimum atomic E-state index is 0.450. The van der Waals surface area contributed by atoms with Crippen LogP contribution in [-0.2, 0) is 6.42 Å². The highest BCUT2D eigenvalue weighted by Crippen LogP contribution is 2.17. The summed E-state index contributed by atoms with van der Waals surface area (Å²) in [5.41, 5.74) is 1.33. The van der Waals surface area contributed by atoms with E-state index >= 15 is 0 Å². The van der Waals surface area contributed by atoms with E-state index in [2.05, 4.69) is 44.1 Å². The molecule has 0 atom stereocenters. The molecule has 1 aliphatic rings. The van der Waals surface area contributed by atoms with Crippen LogP contribution in [0.25, 0.3) is 0 Å². The molecular weight excluding hydrogens is 288 g/mol. The quantitative estimate of drug-likeness (QED) is 0.767. The van der Waals surface area contributed by atoms with Crippen LogP contribution in [0.1, 0.15) is 37.1 Å². The number of aryl methyl sites for hydroxylation is 2. The molecule has 23 heavy (non-hydrogen) atoms. The molecule has 1 aliphatic heterocycles. The van der Waals surface area contributed by atoms with Gasteiger partial charge in [0.2, 0.25) is 5.95 Å². The van der Waals surface area contributed by atoms with E-state index in [1.54, 1.807) is 0 Å². The highest BCUT2D eigenvalue weighted by Gasteiger charge is 2.15. The van der Waals surface area contributed by atoms with E-state index in [9.17, 15) is 0 Å². The first-order valence-electron chi connectivity index (χ1n) is 8.45. The third-order valence-electron chi connectivity index (χ3n) is 4.04. The van der Waals surface area contributed by atoms with Crippen LogP contribution in [0.3, 0.4) is 0 Å². The molecule has 3 rings (SSSR count). The Labute approximate surface area is 137 Å². The van der Waals surface area contributed by atoms with E-state index in [1.165, 1.54) is 24.8 Å². The molecule has 0 spiro atoms. The van der Waals surface area contributed by atoms with Gasteiger partial charge in [0, 0.05) is 13.1 Å². The second kappa shape index (κ2) is 7.90. The van der Waals surface area contributed by atoms with E-state index in [4.69, 9.17) is 4.74 Å². The number of nitrogens with zero attached hydrogens (tertiary/aromatic N) is 4. The fourth-order valence-electron chi connectivity index (χ4n) is 2.83. The Morgan fingerprint density at radius 2 is 1.78 bits per heavy atom. The van der Waals surface area contributed by atoms with E-state index in [1.807, 2.05) is 13.0 Å². The predicted octanol–water partition coefficient (Wildman–Crippen LogP) is 3.18. The zero-order chi connectivity index (χ0) is 15.9. The molecular formula is C18H24N4O. The lowest BCUT2D eigenvalue weighted by Crippen LogP contribution is -2.31. The largest absolute Gasteiger partial charge is 0.463 e. The summed E-state index contributed by atoms with van der Waals surface area (Å²) in [6.07, 6.45) is 5.66. The van der Waals surface area contributed by atoms with Crippen molar-refractivity contribution in [3.63, 3.8) is 0 Å². The molecule has 122 valence electrons. The molecule has 0 bridgehead atoms. The van der Waals surface area contributed by atoms with Crippen LogP contribution in [-0.4, -0.2) is 34.6 Å². The third kappa shape index (κ3) is 4.65. The summed E-state index contributed by atoms with van der Waals surface area (Å²) in [7, 11) is 0. The number of hydrogen-bond acceptors (Lipinski definition) is 5. The van der Waals surface area contributed by atoms with Crippen LogP contribution in [0, 0.1) is 6.92 Å². The molecule has 1 aromatic carbocycles. The lowest BCUT2D eigenvalue weighted by Gasteiger charge is -2.26. The van der Waals surface area contributed by atoms with Crippen molar-refractivity contribution in [3.05, 3.63) is 41.7 Å². The summed E-state index contributed by atoms with van der Waals surface area (Å²) in [4.78, 5) is 15.5. The normalized spacial score (nSPS) is 14.7. The maximum atomic E-state index is 5.75. The standard InChI is InChI=1S/C18H24N4O/c1-15-19-17(22-12-6-3-7-13-22)21-18(20-15)23-14-8-11-16-9-4-2-5-10-16/h2,4-5,9-10H,3,6-8,11-14H2,1H3. The summed E-state index contributed by atoms with van der Waals surface area (Å²) in [6, 6.07) is 10.9. The Hall–Kier alpha value is -2.17. The molecule has 0 amide bonds. The number of rotatable bonds is 6. The average Bonchev–Trinajstić information content (AvgIpc) is 2.60. The molecule has 0 unspecified atom stereocenters. The fourth-order valence-corrected chi connectivity index (χ4v) is 2.83. The van der Waals surface area contributed by atoms with Crippen molar-refractivity contribution < 1.29 is 4.74 Å². The molecule has 1 fully saturated rings. The van der Waals surface area contributed by atoms with Crippen molar-refractivity contribution in [2.45, 2.75) is 39.0 Å². The number of piperidine rings is 1. The lowest BCUT2D eigenvalue weighted by atomic mass is 10.1. The Balaban J connectivity index is 1.54. The summed E-state index contributed by atoms with van der Waals surface area (Å²) in [5.74, 6) is 1.48. The Morgan fingerprint density at radius 1 is 1.00 bits per heavy atom. The van der Waals surface area contributed by atoms with Crippen molar-refractivity contribution in [1.82, 2.24) is 15.0 Å². The van der Waals surface area contributed by atoms with Gasteiger partial charge in [-0.2, -0.15) is 15.0 Å². The fraction of sp³-hybridized carbons (Fsp3) is 0.500. The predicted molar refractivity (Wildman–Crippen MR) is 90.9 cm³/mol. The van der Waals surface area contributed by atoms with Crippen molar-refractivity contribution >= 4 is 5.95 Å². The Morgan fingerprint density at radius 3 is 2.57 bits per heavy atom. The molecule has 5 nitrogen and oxygen atoms in total. The van der Waals surface area contributed by atoms with Crippen LogP contribution in [0.4, 0.5) is 5.95 Å². The Bertz CT molecular complexity index is 612. The highest BCUT2D eigenvalue weighted by atomic mass is 16.5. The van der Waals surface area contributed by atoms with Crippen LogP contribution in [0.5, 0.6) is 6.01 Å². The minimum Gasteiger partial charge on any atom is -0.463 e. The van der Waals surface area contributed by atoms with E-state index < -0.39 is 0 Å². The summed E-state index contributed by atoms with van der Waals surface area (Å²) in [6.45, 7) is 4.57. The van der Waals surface area contributed by atoms with Crippen LogP contribution < -0.4 is 9.64 Å². The zero-order valence-corrected chi connectivity index (χ0v) is 13.7. The van der Waals surface area contributed by atoms with Crippen LogP contribution >= 0.6 is 0 Å². The SMILES string of the molecule is Cc1nc(OCCCc2ccccc2)nc(N2CCCCC2)n1. The lowest BCUT2D eigenvalue weighted by molar-refractivity contribution is 0.284. The average molecular weight is 312 g/mol. The summed E-state index contributed by atoms with van der Waals surface area (Å²) in [5, 5.41) is 0. The summed E-state index contributed by atoms with van der Waals surface area (Å²) >= 11 is 0. The van der Waals surface area contributed by atoms with E-state index in [0.717, 1.165) is 37.7 Å². The maximum Gasteiger partial charge on any atom is 0.321 e. The molecule has 0 saturated carbocycles. The molecule has 1 aromatic heterocycles. The van der Waals surface area contributed by atoms with Crippen molar-refractivity contribution in [1.29, 1.82) is 0 Å². The van der Waals surface area contributed by atoms with Gasteiger partial charge < -0.3 is 9.64 Å².